The molecular formula is C11H9NO. The van der Waals surface area contributed by atoms with Crippen molar-refractivity contribution in [2.45, 2.75) is 12.3 Å². The van der Waals surface area contributed by atoms with Crippen molar-refractivity contribution in [2.75, 3.05) is 5.32 Å². The highest BCUT2D eigenvalue weighted by molar-refractivity contribution is 6.02. The van der Waals surface area contributed by atoms with Gasteiger partial charge in [0.15, 0.2) is 0 Å². The van der Waals surface area contributed by atoms with Crippen LogP contribution in [0.2, 0.25) is 0 Å². The lowest BCUT2D eigenvalue weighted by Gasteiger charge is -2.02. The fraction of sp³-hybridized carbons (Fsp3) is 0.182. The number of para-hydroxylation sites is 1. The zero-order chi connectivity index (χ0) is 9.26. The van der Waals surface area contributed by atoms with Crippen molar-refractivity contribution < 1.29 is 4.79 Å². The van der Waals surface area contributed by atoms with Gasteiger partial charge in [0.2, 0.25) is 5.91 Å². The van der Waals surface area contributed by atoms with Gasteiger partial charge in [0.05, 0.1) is 5.92 Å². The molecule has 0 spiro atoms. The van der Waals surface area contributed by atoms with Gasteiger partial charge in [0.25, 0.3) is 0 Å². The Hall–Kier alpha value is -1.75. The van der Waals surface area contributed by atoms with Gasteiger partial charge in [-0.3, -0.25) is 4.79 Å². The van der Waals surface area contributed by atoms with Crippen LogP contribution in [-0.4, -0.2) is 5.91 Å². The molecule has 13 heavy (non-hydrogen) atoms. The van der Waals surface area contributed by atoms with Gasteiger partial charge in [0.1, 0.15) is 0 Å². The van der Waals surface area contributed by atoms with E-state index in [4.69, 9.17) is 6.42 Å². The van der Waals surface area contributed by atoms with Crippen molar-refractivity contribution in [2.24, 2.45) is 0 Å². The van der Waals surface area contributed by atoms with Crippen LogP contribution in [0.25, 0.3) is 0 Å². The lowest BCUT2D eigenvalue weighted by atomic mass is 9.98. The minimum atomic E-state index is -0.152. The molecule has 1 aromatic rings. The highest BCUT2D eigenvalue weighted by Gasteiger charge is 2.28. The molecule has 1 amide bonds. The quantitative estimate of drug-likeness (QED) is 0.641. The molecule has 0 bridgehead atoms. The molecule has 0 saturated heterocycles. The van der Waals surface area contributed by atoms with Gasteiger partial charge < -0.3 is 5.32 Å². The molecule has 0 fully saturated rings. The molecule has 0 radical (unpaired) electrons. The number of carbonyl (C=O) groups excluding carboxylic acids is 1. The minimum Gasteiger partial charge on any atom is -0.325 e. The highest BCUT2D eigenvalue weighted by Crippen LogP contribution is 2.33. The number of nitrogens with one attached hydrogen (secondary N) is 1. The topological polar surface area (TPSA) is 29.1 Å². The van der Waals surface area contributed by atoms with Crippen molar-refractivity contribution in [3.63, 3.8) is 0 Å². The highest BCUT2D eigenvalue weighted by atomic mass is 16.2. The summed E-state index contributed by atoms with van der Waals surface area (Å²) < 4.78 is 0. The molecule has 1 heterocycles. The second kappa shape index (κ2) is 2.95. The Bertz CT molecular complexity index is 389. The van der Waals surface area contributed by atoms with Gasteiger partial charge in [-0.25, -0.2) is 0 Å². The third-order valence-corrected chi connectivity index (χ3v) is 2.23. The van der Waals surface area contributed by atoms with E-state index in [1.54, 1.807) is 0 Å². The number of anilines is 1. The predicted molar refractivity (Wildman–Crippen MR) is 51.3 cm³/mol. The Kier molecular flexibility index (Phi) is 1.79. The van der Waals surface area contributed by atoms with Gasteiger partial charge in [-0.1, -0.05) is 18.2 Å². The van der Waals surface area contributed by atoms with E-state index in [2.05, 4.69) is 11.2 Å². The molecule has 2 rings (SSSR count). The maximum atomic E-state index is 11.4. The summed E-state index contributed by atoms with van der Waals surface area (Å²) in [5.41, 5.74) is 1.92. The Morgan fingerprint density at radius 3 is 3.00 bits per heavy atom. The van der Waals surface area contributed by atoms with Crippen LogP contribution < -0.4 is 5.32 Å². The molecule has 2 nitrogen and oxygen atoms in total. The zero-order valence-corrected chi connectivity index (χ0v) is 7.08. The fourth-order valence-electron chi connectivity index (χ4n) is 1.60. The fourth-order valence-corrected chi connectivity index (χ4v) is 1.60. The summed E-state index contributed by atoms with van der Waals surface area (Å²) in [6.07, 6.45) is 5.67. The van der Waals surface area contributed by atoms with E-state index in [1.165, 1.54) is 0 Å². The first-order valence-corrected chi connectivity index (χ1v) is 4.16. The van der Waals surface area contributed by atoms with Crippen LogP contribution >= 0.6 is 0 Å². The number of terminal acetylenes is 1. The summed E-state index contributed by atoms with van der Waals surface area (Å²) in [6.45, 7) is 0. The molecule has 0 saturated carbocycles. The van der Waals surface area contributed by atoms with Gasteiger partial charge in [-0.15, -0.1) is 12.3 Å². The van der Waals surface area contributed by atoms with Crippen LogP contribution in [0, 0.1) is 12.3 Å². The number of carbonyl (C=O) groups is 1. The van der Waals surface area contributed by atoms with Crippen molar-refractivity contribution in [1.29, 1.82) is 0 Å². The van der Waals surface area contributed by atoms with Gasteiger partial charge in [0, 0.05) is 12.1 Å². The third-order valence-electron chi connectivity index (χ3n) is 2.23. The first kappa shape index (κ1) is 7.88. The lowest BCUT2D eigenvalue weighted by Crippen LogP contribution is -2.11. The Morgan fingerprint density at radius 1 is 1.46 bits per heavy atom. The van der Waals surface area contributed by atoms with E-state index >= 15 is 0 Å². The lowest BCUT2D eigenvalue weighted by molar-refractivity contribution is -0.116. The number of amides is 1. The summed E-state index contributed by atoms with van der Waals surface area (Å²) in [5, 5.41) is 2.80. The molecular weight excluding hydrogens is 162 g/mol. The van der Waals surface area contributed by atoms with Crippen LogP contribution in [0.15, 0.2) is 24.3 Å². The number of rotatable bonds is 1. The van der Waals surface area contributed by atoms with Crippen LogP contribution in [0.5, 0.6) is 0 Å². The number of fused-ring (bicyclic) bond motifs is 1. The number of hydrogen-bond acceptors (Lipinski definition) is 1. The SMILES string of the molecule is C#CCC1C(=O)Nc2ccccc21. The average Bonchev–Trinajstić information content (AvgIpc) is 2.44. The van der Waals surface area contributed by atoms with E-state index in [0.29, 0.717) is 6.42 Å². The third kappa shape index (κ3) is 1.19. The first-order chi connectivity index (χ1) is 6.33. The normalized spacial score (nSPS) is 19.0. The maximum Gasteiger partial charge on any atom is 0.232 e. The number of hydrogen-bond donors (Lipinski definition) is 1. The van der Waals surface area contributed by atoms with Crippen molar-refractivity contribution >= 4 is 11.6 Å². The van der Waals surface area contributed by atoms with Crippen LogP contribution in [0.3, 0.4) is 0 Å². The maximum absolute atomic E-state index is 11.4. The molecule has 1 unspecified atom stereocenters. The summed E-state index contributed by atoms with van der Waals surface area (Å²) in [4.78, 5) is 11.4. The van der Waals surface area contributed by atoms with E-state index in [-0.39, 0.29) is 11.8 Å². The standard InChI is InChI=1S/C11H9NO/c1-2-5-9-8-6-3-4-7-10(8)12-11(9)13/h1,3-4,6-7,9H,5H2,(H,12,13). The van der Waals surface area contributed by atoms with Crippen LogP contribution in [0.4, 0.5) is 5.69 Å². The molecule has 1 N–H and O–H groups in total. The molecule has 1 atom stereocenters. The van der Waals surface area contributed by atoms with E-state index in [9.17, 15) is 4.79 Å². The summed E-state index contributed by atoms with van der Waals surface area (Å²) in [6, 6.07) is 7.65. The molecule has 0 aromatic heterocycles. The summed E-state index contributed by atoms with van der Waals surface area (Å²) in [7, 11) is 0. The van der Waals surface area contributed by atoms with Crippen molar-refractivity contribution in [3.8, 4) is 12.3 Å². The summed E-state index contributed by atoms with van der Waals surface area (Å²) in [5.74, 6) is 2.38. The molecule has 1 aliphatic rings. The number of benzene rings is 1. The van der Waals surface area contributed by atoms with Crippen molar-refractivity contribution in [1.82, 2.24) is 0 Å². The molecule has 1 aliphatic heterocycles. The van der Waals surface area contributed by atoms with Gasteiger partial charge in [-0.05, 0) is 11.6 Å². The molecule has 1 aromatic carbocycles. The first-order valence-electron chi connectivity index (χ1n) is 4.16. The second-order valence-electron chi connectivity index (χ2n) is 3.04. The minimum absolute atomic E-state index is 0.0131. The molecule has 0 aliphatic carbocycles. The van der Waals surface area contributed by atoms with Crippen LogP contribution in [-0.2, 0) is 4.79 Å². The molecule has 2 heteroatoms. The monoisotopic (exact) mass is 171 g/mol. The summed E-state index contributed by atoms with van der Waals surface area (Å²) >= 11 is 0. The van der Waals surface area contributed by atoms with E-state index in [0.717, 1.165) is 11.3 Å². The van der Waals surface area contributed by atoms with E-state index in [1.807, 2.05) is 24.3 Å². The second-order valence-corrected chi connectivity index (χ2v) is 3.04. The van der Waals surface area contributed by atoms with Crippen molar-refractivity contribution in [3.05, 3.63) is 29.8 Å². The Morgan fingerprint density at radius 2 is 2.23 bits per heavy atom. The van der Waals surface area contributed by atoms with E-state index < -0.39 is 0 Å². The van der Waals surface area contributed by atoms with Crippen LogP contribution in [0.1, 0.15) is 17.9 Å². The largest absolute Gasteiger partial charge is 0.325 e. The Balaban J connectivity index is 2.42. The van der Waals surface area contributed by atoms with Gasteiger partial charge in [-0.2, -0.15) is 0 Å². The zero-order valence-electron chi connectivity index (χ0n) is 7.08. The predicted octanol–water partition coefficient (Wildman–Crippen LogP) is 1.75. The average molecular weight is 171 g/mol. The molecule has 64 valence electrons. The Labute approximate surface area is 77.0 Å². The van der Waals surface area contributed by atoms with Gasteiger partial charge >= 0.3 is 0 Å². The smallest absolute Gasteiger partial charge is 0.232 e.